The fourth-order valence-corrected chi connectivity index (χ4v) is 8.33. The maximum atomic E-state index is 12.9. The van der Waals surface area contributed by atoms with Crippen LogP contribution < -0.4 is 0 Å². The van der Waals surface area contributed by atoms with Crippen LogP contribution in [-0.2, 0) is 28.6 Å². The van der Waals surface area contributed by atoms with Crippen molar-refractivity contribution < 1.29 is 28.6 Å². The summed E-state index contributed by atoms with van der Waals surface area (Å²) in [6, 6.07) is 0. The van der Waals surface area contributed by atoms with Crippen LogP contribution in [0.1, 0.15) is 265 Å². The van der Waals surface area contributed by atoms with Crippen molar-refractivity contribution in [3.8, 4) is 0 Å². The molecule has 0 rings (SSSR count). The summed E-state index contributed by atoms with van der Waals surface area (Å²) in [4.78, 5) is 38.3. The lowest BCUT2D eigenvalue weighted by Crippen LogP contribution is -2.30. The highest BCUT2D eigenvalue weighted by molar-refractivity contribution is 5.71. The Morgan fingerprint density at radius 2 is 0.519 bits per heavy atom. The molecule has 79 heavy (non-hydrogen) atoms. The molecule has 0 aromatic carbocycles. The Bertz CT molecular complexity index is 1780. The second-order valence-corrected chi connectivity index (χ2v) is 20.6. The van der Waals surface area contributed by atoms with Crippen LogP contribution >= 0.6 is 0 Å². The predicted molar refractivity (Wildman–Crippen MR) is 343 cm³/mol. The normalized spacial score (nSPS) is 13.2. The predicted octanol–water partition coefficient (Wildman–Crippen LogP) is 22.1. The van der Waals surface area contributed by atoms with Crippen molar-refractivity contribution in [1.29, 1.82) is 0 Å². The third-order valence-electron chi connectivity index (χ3n) is 13.0. The standard InChI is InChI=1S/C73H116O6/c1-4-7-10-13-16-19-22-25-27-29-31-32-33-34-35-36-37-38-39-40-42-43-45-48-51-54-57-60-63-66-72(75)78-69-70(68-77-71(74)65-62-59-56-53-50-47-24-21-18-15-12-9-6-3)79-73(76)67-64-61-58-55-52-49-46-44-41-30-28-26-23-20-17-14-11-8-5-2/h7-8,10-11,16-17,19-20,25-28,31-32,34-35,37-38,40-42,44,49,52,58,61,70H,4-6,9,12-15,18,21-24,29-30,33,36,39,43,45-48,50-51,53-57,59-60,62-69H2,1-3H3/b10-7-,11-8-,19-16-,20-17-,27-25-,28-26-,32-31-,35-34-,38-37-,42-40-,44-41-,52-49-,61-58-. The average Bonchev–Trinajstić information content (AvgIpc) is 3.45. The van der Waals surface area contributed by atoms with Gasteiger partial charge in [0.1, 0.15) is 13.2 Å². The van der Waals surface area contributed by atoms with E-state index in [2.05, 4.69) is 173 Å². The van der Waals surface area contributed by atoms with E-state index in [0.717, 1.165) is 128 Å². The summed E-state index contributed by atoms with van der Waals surface area (Å²) in [5.74, 6) is -1.01. The van der Waals surface area contributed by atoms with Gasteiger partial charge in [-0.05, 0) is 116 Å². The summed E-state index contributed by atoms with van der Waals surface area (Å²) in [6.45, 7) is 6.34. The van der Waals surface area contributed by atoms with Crippen LogP contribution in [0.5, 0.6) is 0 Å². The van der Waals surface area contributed by atoms with Gasteiger partial charge < -0.3 is 14.2 Å². The summed E-state index contributed by atoms with van der Waals surface area (Å²) in [5, 5.41) is 0. The summed E-state index contributed by atoms with van der Waals surface area (Å²) in [6.07, 6.45) is 95.4. The molecule has 0 N–H and O–H groups in total. The van der Waals surface area contributed by atoms with Gasteiger partial charge in [0.25, 0.3) is 0 Å². The molecule has 0 aromatic rings. The molecule has 444 valence electrons. The van der Waals surface area contributed by atoms with Gasteiger partial charge in [0.05, 0.1) is 0 Å². The lowest BCUT2D eigenvalue weighted by Gasteiger charge is -2.18. The number of rotatable bonds is 56. The average molecular weight is 1090 g/mol. The first kappa shape index (κ1) is 74.0. The topological polar surface area (TPSA) is 78.9 Å². The largest absolute Gasteiger partial charge is 0.462 e. The molecule has 0 aliphatic rings. The third kappa shape index (κ3) is 63.7. The summed E-state index contributed by atoms with van der Waals surface area (Å²) >= 11 is 0. The second-order valence-electron chi connectivity index (χ2n) is 20.6. The molecule has 0 aromatic heterocycles. The van der Waals surface area contributed by atoms with Crippen molar-refractivity contribution in [1.82, 2.24) is 0 Å². The minimum Gasteiger partial charge on any atom is -0.462 e. The highest BCUT2D eigenvalue weighted by atomic mass is 16.6. The van der Waals surface area contributed by atoms with Gasteiger partial charge in [-0.25, -0.2) is 0 Å². The van der Waals surface area contributed by atoms with Gasteiger partial charge in [0, 0.05) is 19.3 Å². The fraction of sp³-hybridized carbons (Fsp3) is 0.603. The number of esters is 3. The minimum absolute atomic E-state index is 0.116. The Kier molecular flexibility index (Phi) is 61.4. The van der Waals surface area contributed by atoms with E-state index in [1.807, 2.05) is 6.08 Å². The maximum absolute atomic E-state index is 12.9. The summed E-state index contributed by atoms with van der Waals surface area (Å²) < 4.78 is 16.8. The Morgan fingerprint density at radius 3 is 0.823 bits per heavy atom. The van der Waals surface area contributed by atoms with E-state index in [4.69, 9.17) is 14.2 Å². The molecule has 0 fully saturated rings. The van der Waals surface area contributed by atoms with Crippen molar-refractivity contribution in [2.75, 3.05) is 13.2 Å². The number of unbranched alkanes of at least 4 members (excludes halogenated alkanes) is 19. The Hall–Kier alpha value is -4.97. The number of carbonyl (C=O) groups excluding carboxylic acids is 3. The van der Waals surface area contributed by atoms with E-state index in [1.54, 1.807) is 0 Å². The molecule has 0 aliphatic heterocycles. The lowest BCUT2D eigenvalue weighted by atomic mass is 10.0. The maximum Gasteiger partial charge on any atom is 0.306 e. The van der Waals surface area contributed by atoms with Crippen molar-refractivity contribution in [2.45, 2.75) is 271 Å². The fourth-order valence-electron chi connectivity index (χ4n) is 8.33. The van der Waals surface area contributed by atoms with E-state index in [-0.39, 0.29) is 31.6 Å². The first-order valence-electron chi connectivity index (χ1n) is 32.0. The molecular weight excluding hydrogens is 973 g/mol. The van der Waals surface area contributed by atoms with Gasteiger partial charge in [-0.3, -0.25) is 14.4 Å². The molecule has 6 heteroatoms. The van der Waals surface area contributed by atoms with Crippen LogP contribution in [0, 0.1) is 0 Å². The molecule has 0 saturated carbocycles. The third-order valence-corrected chi connectivity index (χ3v) is 13.0. The lowest BCUT2D eigenvalue weighted by molar-refractivity contribution is -0.166. The number of allylic oxidation sites excluding steroid dienone is 26. The van der Waals surface area contributed by atoms with Gasteiger partial charge in [-0.15, -0.1) is 0 Å². The van der Waals surface area contributed by atoms with E-state index < -0.39 is 12.1 Å². The Morgan fingerprint density at radius 1 is 0.266 bits per heavy atom. The molecule has 0 heterocycles. The quantitative estimate of drug-likeness (QED) is 0.0261. The van der Waals surface area contributed by atoms with E-state index in [9.17, 15) is 14.4 Å². The number of carbonyl (C=O) groups is 3. The molecule has 0 aliphatic carbocycles. The van der Waals surface area contributed by atoms with Crippen LogP contribution in [0.15, 0.2) is 158 Å². The van der Waals surface area contributed by atoms with Gasteiger partial charge in [0.15, 0.2) is 6.10 Å². The number of hydrogen-bond acceptors (Lipinski definition) is 6. The van der Waals surface area contributed by atoms with Crippen molar-refractivity contribution in [3.63, 3.8) is 0 Å². The molecule has 0 saturated heterocycles. The highest BCUT2D eigenvalue weighted by Crippen LogP contribution is 2.15. The Labute approximate surface area is 486 Å². The first-order valence-corrected chi connectivity index (χ1v) is 32.0. The van der Waals surface area contributed by atoms with Crippen LogP contribution in [0.4, 0.5) is 0 Å². The van der Waals surface area contributed by atoms with Gasteiger partial charge >= 0.3 is 17.9 Å². The molecule has 1 unspecified atom stereocenters. The highest BCUT2D eigenvalue weighted by Gasteiger charge is 2.19. The summed E-state index contributed by atoms with van der Waals surface area (Å²) in [7, 11) is 0. The molecule has 0 spiro atoms. The molecular formula is C73H116O6. The van der Waals surface area contributed by atoms with Crippen molar-refractivity contribution in [3.05, 3.63) is 158 Å². The summed E-state index contributed by atoms with van der Waals surface area (Å²) in [5.41, 5.74) is 0. The number of ether oxygens (including phenoxy) is 3. The van der Waals surface area contributed by atoms with Crippen molar-refractivity contribution in [2.24, 2.45) is 0 Å². The molecule has 6 nitrogen and oxygen atoms in total. The monoisotopic (exact) mass is 1090 g/mol. The Balaban J connectivity index is 4.44. The second kappa shape index (κ2) is 65.5. The molecule has 0 bridgehead atoms. The van der Waals surface area contributed by atoms with E-state index in [1.165, 1.54) is 89.9 Å². The van der Waals surface area contributed by atoms with Crippen molar-refractivity contribution >= 4 is 17.9 Å². The SMILES string of the molecule is CC/C=C\C/C=C\C/C=C\C/C=C\C/C=C\C/C=C\C/C=C\CCCCCCCCCC(=O)OCC(COC(=O)CCCCCCCCCCCCCCC)OC(=O)CC/C=C\C/C=C\C/C=C\C/C=C\C/C=C\C/C=C\CC. The van der Waals surface area contributed by atoms with Crippen LogP contribution in [0.2, 0.25) is 0 Å². The number of hydrogen-bond donors (Lipinski definition) is 0. The zero-order chi connectivity index (χ0) is 57.1. The smallest absolute Gasteiger partial charge is 0.306 e. The molecule has 1 atom stereocenters. The van der Waals surface area contributed by atoms with Crippen LogP contribution in [0.25, 0.3) is 0 Å². The molecule has 0 amide bonds. The van der Waals surface area contributed by atoms with E-state index in [0.29, 0.717) is 19.3 Å². The van der Waals surface area contributed by atoms with Gasteiger partial charge in [0.2, 0.25) is 0 Å². The minimum atomic E-state index is -0.830. The zero-order valence-corrected chi connectivity index (χ0v) is 50.8. The first-order chi connectivity index (χ1) is 39.0. The van der Waals surface area contributed by atoms with Crippen LogP contribution in [0.3, 0.4) is 0 Å². The molecule has 0 radical (unpaired) electrons. The zero-order valence-electron chi connectivity index (χ0n) is 50.8. The van der Waals surface area contributed by atoms with Crippen LogP contribution in [-0.4, -0.2) is 37.2 Å². The van der Waals surface area contributed by atoms with Gasteiger partial charge in [-0.2, -0.15) is 0 Å². The van der Waals surface area contributed by atoms with E-state index >= 15 is 0 Å². The van der Waals surface area contributed by atoms with Gasteiger partial charge in [-0.1, -0.05) is 288 Å².